The lowest BCUT2D eigenvalue weighted by atomic mass is 10.1. The van der Waals surface area contributed by atoms with E-state index in [1.807, 2.05) is 36.4 Å². The zero-order chi connectivity index (χ0) is 38.4. The molecule has 56 heavy (non-hydrogen) atoms. The van der Waals surface area contributed by atoms with Gasteiger partial charge in [0.1, 0.15) is 11.5 Å². The molecular weight excluding hydrogens is 709 g/mol. The Morgan fingerprint density at radius 2 is 0.929 bits per heavy atom. The quantitative estimate of drug-likeness (QED) is 0.0766. The van der Waals surface area contributed by atoms with Crippen LogP contribution in [-0.2, 0) is 0 Å². The molecule has 4 aromatic heterocycles. The van der Waals surface area contributed by atoms with Crippen molar-refractivity contribution >= 4 is 28.4 Å². The number of rotatable bonds is 19. The maximum Gasteiger partial charge on any atom is 0.119 e. The Kier molecular flexibility index (Phi) is 13.5. The molecule has 0 bridgehead atoms. The molecule has 0 spiro atoms. The van der Waals surface area contributed by atoms with Crippen LogP contribution in [0, 0.1) is 0 Å². The second-order valence-electron chi connectivity index (χ2n) is 13.9. The Bertz CT molecular complexity index is 2110. The third kappa shape index (κ3) is 10.1. The Balaban J connectivity index is 1.14. The van der Waals surface area contributed by atoms with E-state index in [4.69, 9.17) is 14.5 Å². The first-order chi connectivity index (χ1) is 27.7. The van der Waals surface area contributed by atoms with E-state index in [1.165, 1.54) is 43.4 Å². The number of aromatic nitrogens is 3. The molecule has 0 aliphatic heterocycles. The van der Waals surface area contributed by atoms with Crippen molar-refractivity contribution < 1.29 is 9.47 Å². The normalized spacial score (nSPS) is 11.0. The van der Waals surface area contributed by atoms with Gasteiger partial charge in [-0.25, -0.2) is 4.98 Å². The summed E-state index contributed by atoms with van der Waals surface area (Å²) in [5.74, 6) is 1.80. The van der Waals surface area contributed by atoms with Crippen LogP contribution in [0.3, 0.4) is 0 Å². The van der Waals surface area contributed by atoms with Gasteiger partial charge < -0.3 is 14.4 Å². The van der Waals surface area contributed by atoms with Gasteiger partial charge in [0, 0.05) is 39.2 Å². The van der Waals surface area contributed by atoms with Gasteiger partial charge in [-0.05, 0) is 133 Å². The van der Waals surface area contributed by atoms with Gasteiger partial charge in [-0.3, -0.25) is 9.97 Å². The van der Waals surface area contributed by atoms with E-state index < -0.39 is 0 Å². The highest BCUT2D eigenvalue weighted by molar-refractivity contribution is 7.18. The van der Waals surface area contributed by atoms with Crippen LogP contribution in [0.5, 0.6) is 11.5 Å². The van der Waals surface area contributed by atoms with Crippen LogP contribution in [0.1, 0.15) is 65.2 Å². The largest absolute Gasteiger partial charge is 0.494 e. The van der Waals surface area contributed by atoms with E-state index in [0.29, 0.717) is 0 Å². The zero-order valence-electron chi connectivity index (χ0n) is 32.4. The van der Waals surface area contributed by atoms with E-state index >= 15 is 0 Å². The topological polar surface area (TPSA) is 60.4 Å². The third-order valence-corrected chi connectivity index (χ3v) is 10.9. The lowest BCUT2D eigenvalue weighted by Gasteiger charge is -2.26. The summed E-state index contributed by atoms with van der Waals surface area (Å²) in [5, 5.41) is 0. The summed E-state index contributed by atoms with van der Waals surface area (Å²) in [7, 11) is 0. The molecule has 7 aromatic rings. The fourth-order valence-electron chi connectivity index (χ4n) is 6.65. The van der Waals surface area contributed by atoms with Crippen LogP contribution in [0.15, 0.2) is 146 Å². The number of benzene rings is 3. The van der Waals surface area contributed by atoms with Crippen molar-refractivity contribution in [3.05, 3.63) is 146 Å². The number of hydrogen-bond donors (Lipinski definition) is 0. The second kappa shape index (κ2) is 19.7. The van der Waals surface area contributed by atoms with Gasteiger partial charge >= 0.3 is 0 Å². The van der Waals surface area contributed by atoms with E-state index in [0.717, 1.165) is 93.4 Å². The molecule has 0 radical (unpaired) electrons. The van der Waals surface area contributed by atoms with Crippen molar-refractivity contribution in [3.8, 4) is 55.2 Å². The number of thiophene rings is 1. The van der Waals surface area contributed by atoms with Crippen molar-refractivity contribution in [1.29, 1.82) is 0 Å². The third-order valence-electron chi connectivity index (χ3n) is 9.70. The Morgan fingerprint density at radius 3 is 1.38 bits per heavy atom. The van der Waals surface area contributed by atoms with Crippen LogP contribution in [0.25, 0.3) is 43.7 Å². The standard InChI is InChI=1S/C49H50N4O2S/c1-3-5-7-13-33-54-42-25-21-40(22-26-42)53(41-23-27-43(28-24-41)55-34-14-8-6-4-2)39-19-17-37(18-20-39)48-29-30-49(56-48)38-35-46(44-15-9-11-31-50-44)52-47(36-38)45-16-10-12-32-51-45/h9-12,15-32,35-36H,3-8,13-14,33-34H2,1-2H3. The lowest BCUT2D eigenvalue weighted by Crippen LogP contribution is -2.10. The summed E-state index contributed by atoms with van der Waals surface area (Å²) < 4.78 is 12.2. The molecule has 0 aliphatic carbocycles. The first-order valence-corrected chi connectivity index (χ1v) is 20.8. The highest BCUT2D eigenvalue weighted by Crippen LogP contribution is 2.40. The molecular formula is C49H50N4O2S. The summed E-state index contributed by atoms with van der Waals surface area (Å²) in [5.41, 5.74) is 8.74. The molecule has 0 N–H and O–H groups in total. The predicted octanol–water partition coefficient (Wildman–Crippen LogP) is 14.0. The number of pyridine rings is 3. The van der Waals surface area contributed by atoms with Gasteiger partial charge in [0.05, 0.1) is 36.0 Å². The number of ether oxygens (including phenoxy) is 2. The molecule has 0 amide bonds. The zero-order valence-corrected chi connectivity index (χ0v) is 33.3. The minimum absolute atomic E-state index is 0.743. The smallest absolute Gasteiger partial charge is 0.119 e. The van der Waals surface area contributed by atoms with Crippen molar-refractivity contribution in [2.75, 3.05) is 18.1 Å². The molecule has 0 saturated carbocycles. The lowest BCUT2D eigenvalue weighted by molar-refractivity contribution is 0.305. The molecule has 0 unspecified atom stereocenters. The van der Waals surface area contributed by atoms with E-state index in [2.05, 4.69) is 126 Å². The van der Waals surface area contributed by atoms with E-state index in [9.17, 15) is 0 Å². The Morgan fingerprint density at radius 1 is 0.464 bits per heavy atom. The van der Waals surface area contributed by atoms with E-state index in [1.54, 1.807) is 23.7 Å². The van der Waals surface area contributed by atoms with Crippen LogP contribution in [0.2, 0.25) is 0 Å². The maximum atomic E-state index is 6.09. The first-order valence-electron chi connectivity index (χ1n) is 20.0. The van der Waals surface area contributed by atoms with Crippen molar-refractivity contribution in [2.24, 2.45) is 0 Å². The predicted molar refractivity (Wildman–Crippen MR) is 233 cm³/mol. The first kappa shape index (κ1) is 38.5. The van der Waals surface area contributed by atoms with Crippen LogP contribution < -0.4 is 14.4 Å². The van der Waals surface area contributed by atoms with Gasteiger partial charge in [0.25, 0.3) is 0 Å². The molecule has 3 aromatic carbocycles. The van der Waals surface area contributed by atoms with Crippen molar-refractivity contribution in [2.45, 2.75) is 65.2 Å². The summed E-state index contributed by atoms with van der Waals surface area (Å²) >= 11 is 1.77. The highest BCUT2D eigenvalue weighted by Gasteiger charge is 2.16. The molecule has 6 nitrogen and oxygen atoms in total. The van der Waals surface area contributed by atoms with Gasteiger partial charge in [-0.2, -0.15) is 0 Å². The number of hydrogen-bond acceptors (Lipinski definition) is 7. The SMILES string of the molecule is CCCCCCOc1ccc(N(c2ccc(OCCCCCC)cc2)c2ccc(-c3ccc(-c4cc(-c5ccccn5)nc(-c5ccccn5)c4)s3)cc2)cc1. The summed E-state index contributed by atoms with van der Waals surface area (Å²) in [4.78, 5) is 18.8. The number of nitrogens with zero attached hydrogens (tertiary/aromatic N) is 4. The summed E-state index contributed by atoms with van der Waals surface area (Å²) in [6.45, 7) is 5.95. The Hall–Kier alpha value is -5.79. The molecule has 7 rings (SSSR count). The van der Waals surface area contributed by atoms with Crippen molar-refractivity contribution in [1.82, 2.24) is 15.0 Å². The van der Waals surface area contributed by atoms with Crippen LogP contribution in [0.4, 0.5) is 17.1 Å². The minimum atomic E-state index is 0.743. The highest BCUT2D eigenvalue weighted by atomic mass is 32.1. The van der Waals surface area contributed by atoms with Crippen LogP contribution in [-0.4, -0.2) is 28.2 Å². The minimum Gasteiger partial charge on any atom is -0.494 e. The van der Waals surface area contributed by atoms with Gasteiger partial charge in [0.15, 0.2) is 0 Å². The van der Waals surface area contributed by atoms with Gasteiger partial charge in [-0.15, -0.1) is 11.3 Å². The summed E-state index contributed by atoms with van der Waals surface area (Å²) in [6.07, 6.45) is 13.1. The van der Waals surface area contributed by atoms with Crippen molar-refractivity contribution in [3.63, 3.8) is 0 Å². The average molecular weight is 759 g/mol. The molecule has 0 saturated heterocycles. The van der Waals surface area contributed by atoms with E-state index in [-0.39, 0.29) is 0 Å². The maximum absolute atomic E-state index is 6.09. The Labute approximate surface area is 335 Å². The molecule has 0 aliphatic rings. The fourth-order valence-corrected chi connectivity index (χ4v) is 7.65. The number of anilines is 3. The molecule has 0 atom stereocenters. The fraction of sp³-hybridized carbons (Fsp3) is 0.245. The molecule has 284 valence electrons. The van der Waals surface area contributed by atoms with Gasteiger partial charge in [0.2, 0.25) is 0 Å². The summed E-state index contributed by atoms with van der Waals surface area (Å²) in [6, 6.07) is 46.2. The molecule has 4 heterocycles. The molecule has 7 heteroatoms. The molecule has 0 fully saturated rings. The average Bonchev–Trinajstić information content (AvgIpc) is 3.76. The monoisotopic (exact) mass is 758 g/mol. The second-order valence-corrected chi connectivity index (χ2v) is 15.0. The number of unbranched alkanes of at least 4 members (excludes halogenated alkanes) is 6. The van der Waals surface area contributed by atoms with Gasteiger partial charge in [-0.1, -0.05) is 76.6 Å². The van der Waals surface area contributed by atoms with Crippen LogP contribution >= 0.6 is 11.3 Å².